The molecule has 0 aliphatic rings. The van der Waals surface area contributed by atoms with Gasteiger partial charge in [0.05, 0.1) is 13.0 Å². The van der Waals surface area contributed by atoms with Crippen LogP contribution in [0.2, 0.25) is 0 Å². The number of carboxylic acids is 1. The van der Waals surface area contributed by atoms with Crippen molar-refractivity contribution in [3.05, 3.63) is 66.0 Å². The molecule has 2 aromatic carbocycles. The third-order valence-electron chi connectivity index (χ3n) is 3.73. The van der Waals surface area contributed by atoms with Crippen molar-refractivity contribution in [3.8, 4) is 5.75 Å². The number of benzene rings is 2. The smallest absolute Gasteiger partial charge is 0.346 e. The zero-order chi connectivity index (χ0) is 20.4. The predicted octanol–water partition coefficient (Wildman–Crippen LogP) is 1.52. The van der Waals surface area contributed by atoms with Gasteiger partial charge in [0.25, 0.3) is 0 Å². The molecule has 7 nitrogen and oxygen atoms in total. The summed E-state index contributed by atoms with van der Waals surface area (Å²) in [7, 11) is 0. The van der Waals surface area contributed by atoms with Gasteiger partial charge < -0.3 is 20.5 Å². The Morgan fingerprint density at radius 3 is 2.29 bits per heavy atom. The molecule has 0 bridgehead atoms. The molecule has 8 heteroatoms. The van der Waals surface area contributed by atoms with Gasteiger partial charge in [0.15, 0.2) is 0 Å². The van der Waals surface area contributed by atoms with E-state index in [0.29, 0.717) is 0 Å². The van der Waals surface area contributed by atoms with E-state index in [9.17, 15) is 23.9 Å². The molecular formula is C20H21FN2O5. The summed E-state index contributed by atoms with van der Waals surface area (Å²) in [4.78, 5) is 34.9. The largest absolute Gasteiger partial charge is 0.478 e. The van der Waals surface area contributed by atoms with E-state index in [2.05, 4.69) is 10.6 Å². The van der Waals surface area contributed by atoms with Gasteiger partial charge in [-0.05, 0) is 29.8 Å². The monoisotopic (exact) mass is 388 g/mol. The Kier molecular flexibility index (Phi) is 7.95. The number of hydrogen-bond donors (Lipinski definition) is 3. The molecule has 0 fully saturated rings. The van der Waals surface area contributed by atoms with E-state index < -0.39 is 23.8 Å². The average Bonchev–Trinajstić information content (AvgIpc) is 2.67. The summed E-state index contributed by atoms with van der Waals surface area (Å²) < 4.78 is 18.1. The number of halogens is 1. The Morgan fingerprint density at radius 2 is 1.64 bits per heavy atom. The van der Waals surface area contributed by atoms with E-state index in [4.69, 9.17) is 4.74 Å². The second kappa shape index (κ2) is 10.7. The van der Waals surface area contributed by atoms with Crippen molar-refractivity contribution >= 4 is 17.8 Å². The first-order valence-electron chi connectivity index (χ1n) is 8.66. The summed E-state index contributed by atoms with van der Waals surface area (Å²) in [5.41, 5.74) is 0.867. The molecule has 28 heavy (non-hydrogen) atoms. The van der Waals surface area contributed by atoms with Crippen LogP contribution in [0.4, 0.5) is 4.39 Å². The molecule has 3 N–H and O–H groups in total. The van der Waals surface area contributed by atoms with Crippen LogP contribution >= 0.6 is 0 Å². The minimum Gasteiger partial charge on any atom is -0.478 e. The molecule has 2 rings (SSSR count). The van der Waals surface area contributed by atoms with E-state index in [1.807, 2.05) is 30.3 Å². The maximum atomic E-state index is 12.9. The molecule has 1 unspecified atom stereocenters. The highest BCUT2D eigenvalue weighted by Gasteiger charge is 2.20. The molecular weight excluding hydrogens is 367 g/mol. The standard InChI is InChI=1S/C20H21FN2O5/c21-15-6-8-16(9-7-15)28-17(20(26)27)13-23-18(24)10-11-22-19(25)12-14-4-2-1-3-5-14/h1-9,17H,10-13H2,(H,22,25)(H,23,24)(H,26,27). The van der Waals surface area contributed by atoms with Crippen molar-refractivity contribution in [3.63, 3.8) is 0 Å². The molecule has 0 aromatic heterocycles. The summed E-state index contributed by atoms with van der Waals surface area (Å²) in [6.45, 7) is -0.127. The van der Waals surface area contributed by atoms with Crippen molar-refractivity contribution in [2.75, 3.05) is 13.1 Å². The maximum Gasteiger partial charge on any atom is 0.346 e. The van der Waals surface area contributed by atoms with Gasteiger partial charge in [0.2, 0.25) is 17.9 Å². The maximum absolute atomic E-state index is 12.9. The number of hydrogen-bond acceptors (Lipinski definition) is 4. The van der Waals surface area contributed by atoms with Crippen LogP contribution in [0.5, 0.6) is 5.75 Å². The van der Waals surface area contributed by atoms with Crippen LogP contribution in [-0.2, 0) is 20.8 Å². The number of ether oxygens (including phenoxy) is 1. The number of carbonyl (C=O) groups is 3. The fourth-order valence-corrected chi connectivity index (χ4v) is 2.31. The van der Waals surface area contributed by atoms with Gasteiger partial charge >= 0.3 is 5.97 Å². The second-order valence-corrected chi connectivity index (χ2v) is 5.97. The number of amides is 2. The number of rotatable bonds is 10. The lowest BCUT2D eigenvalue weighted by Crippen LogP contribution is -2.41. The van der Waals surface area contributed by atoms with Gasteiger partial charge in [-0.25, -0.2) is 9.18 Å². The molecule has 0 radical (unpaired) electrons. The molecule has 2 amide bonds. The van der Waals surface area contributed by atoms with Crippen LogP contribution < -0.4 is 15.4 Å². The zero-order valence-corrected chi connectivity index (χ0v) is 15.1. The lowest BCUT2D eigenvalue weighted by atomic mass is 10.1. The van der Waals surface area contributed by atoms with Crippen molar-refractivity contribution in [2.24, 2.45) is 0 Å². The van der Waals surface area contributed by atoms with Crippen molar-refractivity contribution in [1.82, 2.24) is 10.6 Å². The topological polar surface area (TPSA) is 105 Å². The Hall–Kier alpha value is -3.42. The van der Waals surface area contributed by atoms with E-state index in [1.54, 1.807) is 0 Å². The number of carbonyl (C=O) groups excluding carboxylic acids is 2. The Labute approximate surface area is 161 Å². The first-order valence-corrected chi connectivity index (χ1v) is 8.66. The fourth-order valence-electron chi connectivity index (χ4n) is 2.31. The number of aliphatic carboxylic acids is 1. The van der Waals surface area contributed by atoms with Crippen LogP contribution in [0, 0.1) is 5.82 Å². The number of carboxylic acid groups (broad SMARTS) is 1. The molecule has 148 valence electrons. The van der Waals surface area contributed by atoms with Crippen LogP contribution in [0.25, 0.3) is 0 Å². The summed E-state index contributed by atoms with van der Waals surface area (Å²) in [5, 5.41) is 14.3. The van der Waals surface area contributed by atoms with Crippen molar-refractivity contribution in [1.29, 1.82) is 0 Å². The minimum absolute atomic E-state index is 0.00339. The van der Waals surface area contributed by atoms with E-state index in [-0.39, 0.29) is 37.6 Å². The van der Waals surface area contributed by atoms with Crippen LogP contribution in [0.1, 0.15) is 12.0 Å². The Balaban J connectivity index is 1.70. The SMILES string of the molecule is O=C(CCNC(=O)Cc1ccccc1)NCC(Oc1ccc(F)cc1)C(=O)O. The molecule has 0 aliphatic heterocycles. The van der Waals surface area contributed by atoms with Gasteiger partial charge in [-0.3, -0.25) is 9.59 Å². The number of nitrogens with one attached hydrogen (secondary N) is 2. The summed E-state index contributed by atoms with van der Waals surface area (Å²) in [6.07, 6.45) is -1.10. The van der Waals surface area contributed by atoms with E-state index in [0.717, 1.165) is 17.7 Å². The molecule has 0 heterocycles. The lowest BCUT2D eigenvalue weighted by molar-refractivity contribution is -0.145. The lowest BCUT2D eigenvalue weighted by Gasteiger charge is -2.16. The molecule has 0 saturated carbocycles. The third kappa shape index (κ3) is 7.45. The van der Waals surface area contributed by atoms with Crippen LogP contribution in [-0.4, -0.2) is 42.1 Å². The van der Waals surface area contributed by atoms with Crippen LogP contribution in [0.3, 0.4) is 0 Å². The quantitative estimate of drug-likeness (QED) is 0.572. The van der Waals surface area contributed by atoms with Gasteiger partial charge in [-0.15, -0.1) is 0 Å². The normalized spacial score (nSPS) is 11.3. The second-order valence-electron chi connectivity index (χ2n) is 5.97. The highest BCUT2D eigenvalue weighted by molar-refractivity contribution is 5.81. The van der Waals surface area contributed by atoms with Gasteiger partial charge in [0.1, 0.15) is 11.6 Å². The third-order valence-corrected chi connectivity index (χ3v) is 3.73. The summed E-state index contributed by atoms with van der Waals surface area (Å²) in [5.74, 6) is -2.19. The highest BCUT2D eigenvalue weighted by Crippen LogP contribution is 2.13. The average molecular weight is 388 g/mol. The molecule has 0 saturated heterocycles. The molecule has 0 spiro atoms. The van der Waals surface area contributed by atoms with Crippen molar-refractivity contribution < 1.29 is 28.6 Å². The van der Waals surface area contributed by atoms with Crippen molar-refractivity contribution in [2.45, 2.75) is 18.9 Å². The first-order chi connectivity index (χ1) is 13.4. The Bertz CT molecular complexity index is 796. The van der Waals surface area contributed by atoms with Crippen LogP contribution in [0.15, 0.2) is 54.6 Å². The zero-order valence-electron chi connectivity index (χ0n) is 15.1. The van der Waals surface area contributed by atoms with E-state index >= 15 is 0 Å². The first kappa shape index (κ1) is 20.9. The molecule has 1 atom stereocenters. The Morgan fingerprint density at radius 1 is 0.964 bits per heavy atom. The molecule has 0 aliphatic carbocycles. The predicted molar refractivity (Wildman–Crippen MR) is 99.2 cm³/mol. The molecule has 2 aromatic rings. The van der Waals surface area contributed by atoms with Gasteiger partial charge in [0, 0.05) is 13.0 Å². The summed E-state index contributed by atoms with van der Waals surface area (Å²) in [6, 6.07) is 14.1. The summed E-state index contributed by atoms with van der Waals surface area (Å²) >= 11 is 0. The fraction of sp³-hybridized carbons (Fsp3) is 0.250. The van der Waals surface area contributed by atoms with E-state index in [1.165, 1.54) is 12.1 Å². The van der Waals surface area contributed by atoms with Gasteiger partial charge in [-0.1, -0.05) is 30.3 Å². The minimum atomic E-state index is -1.32. The highest BCUT2D eigenvalue weighted by atomic mass is 19.1. The van der Waals surface area contributed by atoms with Gasteiger partial charge in [-0.2, -0.15) is 0 Å².